The van der Waals surface area contributed by atoms with Crippen LogP contribution in [0.15, 0.2) is 30.7 Å². The number of anilines is 3. The van der Waals surface area contributed by atoms with Crippen molar-refractivity contribution >= 4 is 34.8 Å². The number of alkyl carbamates (subject to hydrolysis) is 1. The summed E-state index contributed by atoms with van der Waals surface area (Å²) < 4.78 is 20.9. The van der Waals surface area contributed by atoms with Crippen LogP contribution < -0.4 is 21.3 Å². The van der Waals surface area contributed by atoms with E-state index >= 15 is 0 Å². The second kappa shape index (κ2) is 12.5. The van der Waals surface area contributed by atoms with Gasteiger partial charge in [0.1, 0.15) is 5.82 Å². The van der Waals surface area contributed by atoms with E-state index in [-0.39, 0.29) is 29.6 Å². The van der Waals surface area contributed by atoms with Gasteiger partial charge in [-0.25, -0.2) is 18.7 Å². The van der Waals surface area contributed by atoms with Gasteiger partial charge in [0.25, 0.3) is 5.91 Å². The molecule has 0 aliphatic heterocycles. The number of carbonyl (C=O) groups excluding carboxylic acids is 2. The molecule has 2 aliphatic rings. The van der Waals surface area contributed by atoms with Crippen molar-refractivity contribution in [3.63, 3.8) is 0 Å². The Balaban J connectivity index is 1.22. The molecule has 0 unspecified atom stereocenters. The molecule has 0 aromatic carbocycles. The SMILES string of the molecule is CN(C)CCCOC(=O)NC1CCC(Nc2cc(NC3CC3)c3ncc(C(=O)Nc4ccncc4F)n3n2)CC1. The van der Waals surface area contributed by atoms with Gasteiger partial charge in [-0.1, -0.05) is 0 Å². The van der Waals surface area contributed by atoms with Gasteiger partial charge < -0.3 is 30.9 Å². The third-order valence-electron chi connectivity index (χ3n) is 7.04. The number of aromatic nitrogens is 4. The lowest BCUT2D eigenvalue weighted by atomic mass is 9.91. The molecule has 0 saturated heterocycles. The second-order valence-corrected chi connectivity index (χ2v) is 10.7. The Labute approximate surface area is 232 Å². The highest BCUT2D eigenvalue weighted by Crippen LogP contribution is 2.30. The molecule has 5 rings (SSSR count). The predicted octanol–water partition coefficient (Wildman–Crippen LogP) is 3.49. The van der Waals surface area contributed by atoms with E-state index in [1.165, 1.54) is 23.0 Å². The Hall–Kier alpha value is -4.00. The fourth-order valence-corrected chi connectivity index (χ4v) is 4.76. The number of pyridine rings is 1. The molecule has 3 heterocycles. The van der Waals surface area contributed by atoms with Crippen molar-refractivity contribution in [2.75, 3.05) is 43.2 Å². The first-order valence-electron chi connectivity index (χ1n) is 13.8. The van der Waals surface area contributed by atoms with Gasteiger partial charge in [0.2, 0.25) is 0 Å². The molecule has 3 aromatic heterocycles. The number of nitrogens with zero attached hydrogens (tertiary/aromatic N) is 5. The van der Waals surface area contributed by atoms with Gasteiger partial charge in [0, 0.05) is 36.9 Å². The molecule has 214 valence electrons. The van der Waals surface area contributed by atoms with Crippen LogP contribution in [0.5, 0.6) is 0 Å². The molecule has 40 heavy (non-hydrogen) atoms. The zero-order chi connectivity index (χ0) is 28.1. The lowest BCUT2D eigenvalue weighted by molar-refractivity contribution is 0.101. The van der Waals surface area contributed by atoms with E-state index < -0.39 is 11.7 Å². The average molecular weight is 554 g/mol. The van der Waals surface area contributed by atoms with E-state index in [9.17, 15) is 14.0 Å². The molecule has 0 atom stereocenters. The third-order valence-corrected chi connectivity index (χ3v) is 7.04. The molecular weight excluding hydrogens is 517 g/mol. The van der Waals surface area contributed by atoms with Gasteiger partial charge >= 0.3 is 6.09 Å². The molecule has 12 nitrogen and oxygen atoms in total. The highest BCUT2D eigenvalue weighted by atomic mass is 19.1. The highest BCUT2D eigenvalue weighted by Gasteiger charge is 2.26. The van der Waals surface area contributed by atoms with Crippen LogP contribution in [0.1, 0.15) is 55.4 Å². The van der Waals surface area contributed by atoms with Gasteiger partial charge in [-0.3, -0.25) is 9.78 Å². The van der Waals surface area contributed by atoms with E-state index in [4.69, 9.17) is 4.74 Å². The number of carbonyl (C=O) groups is 2. The molecule has 0 bridgehead atoms. The number of ether oxygens (including phenoxy) is 1. The molecule has 13 heteroatoms. The lowest BCUT2D eigenvalue weighted by Gasteiger charge is -2.29. The summed E-state index contributed by atoms with van der Waals surface area (Å²) in [6.07, 6.45) is 9.78. The van der Waals surface area contributed by atoms with Crippen LogP contribution >= 0.6 is 0 Å². The van der Waals surface area contributed by atoms with Crippen LogP contribution in [-0.4, -0.2) is 81.9 Å². The van der Waals surface area contributed by atoms with Gasteiger partial charge in [0.05, 0.1) is 30.4 Å². The molecule has 4 N–H and O–H groups in total. The molecule has 3 aromatic rings. The summed E-state index contributed by atoms with van der Waals surface area (Å²) in [6, 6.07) is 3.90. The van der Waals surface area contributed by atoms with E-state index in [1.807, 2.05) is 20.2 Å². The topological polar surface area (TPSA) is 138 Å². The van der Waals surface area contributed by atoms with Crippen molar-refractivity contribution in [3.05, 3.63) is 42.2 Å². The molecule has 0 spiro atoms. The number of imidazole rings is 1. The predicted molar refractivity (Wildman–Crippen MR) is 149 cm³/mol. The molecule has 2 aliphatic carbocycles. The van der Waals surface area contributed by atoms with Crippen LogP contribution in [0.2, 0.25) is 0 Å². The quantitative estimate of drug-likeness (QED) is 0.263. The largest absolute Gasteiger partial charge is 0.450 e. The maximum absolute atomic E-state index is 14.1. The molecule has 2 amide bonds. The highest BCUT2D eigenvalue weighted by molar-refractivity contribution is 6.03. The Morgan fingerprint density at radius 3 is 2.50 bits per heavy atom. The number of hydrogen-bond donors (Lipinski definition) is 4. The number of fused-ring (bicyclic) bond motifs is 1. The van der Waals surface area contributed by atoms with Crippen LogP contribution in [0.4, 0.5) is 26.4 Å². The van der Waals surface area contributed by atoms with Crippen LogP contribution in [0.25, 0.3) is 5.65 Å². The third kappa shape index (κ3) is 7.14. The Bertz CT molecular complexity index is 1340. The summed E-state index contributed by atoms with van der Waals surface area (Å²) in [5, 5.41) is 17.2. The first kappa shape index (κ1) is 27.6. The van der Waals surface area contributed by atoms with Crippen molar-refractivity contribution in [3.8, 4) is 0 Å². The zero-order valence-electron chi connectivity index (χ0n) is 22.8. The van der Waals surface area contributed by atoms with Crippen molar-refractivity contribution in [2.45, 2.75) is 63.1 Å². The number of rotatable bonds is 11. The van der Waals surface area contributed by atoms with E-state index in [2.05, 4.69) is 41.2 Å². The molecule has 2 saturated carbocycles. The molecule has 0 radical (unpaired) electrons. The van der Waals surface area contributed by atoms with Crippen LogP contribution in [-0.2, 0) is 4.74 Å². The average Bonchev–Trinajstić information content (AvgIpc) is 3.64. The fourth-order valence-electron chi connectivity index (χ4n) is 4.76. The van der Waals surface area contributed by atoms with Crippen molar-refractivity contribution in [1.29, 1.82) is 0 Å². The normalized spacial score (nSPS) is 18.9. The molecule has 2 fully saturated rings. The van der Waals surface area contributed by atoms with Gasteiger partial charge in [-0.2, -0.15) is 0 Å². The Morgan fingerprint density at radius 2 is 1.77 bits per heavy atom. The lowest BCUT2D eigenvalue weighted by Crippen LogP contribution is -2.40. The zero-order valence-corrected chi connectivity index (χ0v) is 22.8. The maximum Gasteiger partial charge on any atom is 0.407 e. The van der Waals surface area contributed by atoms with E-state index in [1.54, 1.807) is 0 Å². The summed E-state index contributed by atoms with van der Waals surface area (Å²) in [7, 11) is 3.98. The summed E-state index contributed by atoms with van der Waals surface area (Å²) >= 11 is 0. The number of nitrogens with one attached hydrogen (secondary N) is 4. The number of halogens is 1. The summed E-state index contributed by atoms with van der Waals surface area (Å²) in [6.45, 7) is 1.27. The van der Waals surface area contributed by atoms with Crippen LogP contribution in [0.3, 0.4) is 0 Å². The Morgan fingerprint density at radius 1 is 1.05 bits per heavy atom. The van der Waals surface area contributed by atoms with Crippen molar-refractivity contribution in [2.24, 2.45) is 0 Å². The van der Waals surface area contributed by atoms with Gasteiger partial charge in [0.15, 0.2) is 17.2 Å². The first-order valence-corrected chi connectivity index (χ1v) is 13.8. The maximum atomic E-state index is 14.1. The fraction of sp³-hybridized carbons (Fsp3) is 0.519. The summed E-state index contributed by atoms with van der Waals surface area (Å²) in [5.41, 5.74) is 1.52. The first-order chi connectivity index (χ1) is 19.4. The van der Waals surface area contributed by atoms with Crippen molar-refractivity contribution < 1.29 is 18.7 Å². The minimum atomic E-state index is -0.626. The Kier molecular flexibility index (Phi) is 8.58. The van der Waals surface area contributed by atoms with E-state index in [0.29, 0.717) is 24.1 Å². The summed E-state index contributed by atoms with van der Waals surface area (Å²) in [5.74, 6) is -0.548. The van der Waals surface area contributed by atoms with Crippen molar-refractivity contribution in [1.82, 2.24) is 29.8 Å². The second-order valence-electron chi connectivity index (χ2n) is 10.7. The molecular formula is C27H36FN9O3. The monoisotopic (exact) mass is 553 g/mol. The minimum Gasteiger partial charge on any atom is -0.450 e. The van der Waals surface area contributed by atoms with Gasteiger partial charge in [-0.05, 0) is 65.1 Å². The van der Waals surface area contributed by atoms with Crippen LogP contribution in [0, 0.1) is 5.82 Å². The number of amides is 2. The van der Waals surface area contributed by atoms with Gasteiger partial charge in [-0.15, -0.1) is 5.10 Å². The smallest absolute Gasteiger partial charge is 0.407 e. The van der Waals surface area contributed by atoms with E-state index in [0.717, 1.165) is 63.4 Å². The minimum absolute atomic E-state index is 0.0309. The number of hydrogen-bond acceptors (Lipinski definition) is 9. The summed E-state index contributed by atoms with van der Waals surface area (Å²) in [4.78, 5) is 35.4. The standard InChI is InChI=1S/C27H36FN9O3/c1-36(2)12-3-13-40-27(39)33-19-8-6-18(7-9-19)32-24-14-22(31-17-4-5-17)25-30-16-23(37(25)35-24)26(38)34-21-10-11-29-15-20(21)28/h10-11,14-19,31H,3-9,12-13H2,1-2H3,(H,32,35)(H,33,39)(H,29,34,38).